The quantitative estimate of drug-likeness (QED) is 0.495. The van der Waals surface area contributed by atoms with Gasteiger partial charge in [-0.2, -0.15) is 0 Å². The van der Waals surface area contributed by atoms with Gasteiger partial charge in [0.2, 0.25) is 5.91 Å². The van der Waals surface area contributed by atoms with Gasteiger partial charge in [-0.15, -0.1) is 0 Å². The third-order valence-electron chi connectivity index (χ3n) is 4.53. The Morgan fingerprint density at radius 2 is 2.15 bits per heavy atom. The molecule has 1 unspecified atom stereocenters. The number of carbonyl (C=O) groups excluding carboxylic acids is 2. The van der Waals surface area contributed by atoms with Crippen molar-refractivity contribution >= 4 is 22.8 Å². The Balaban J connectivity index is 1.75. The largest absolute Gasteiger partial charge is 0.464 e. The second-order valence-electron chi connectivity index (χ2n) is 6.55. The van der Waals surface area contributed by atoms with Crippen LogP contribution in [0.25, 0.3) is 10.9 Å². The Morgan fingerprint density at radius 3 is 2.93 bits per heavy atom. The third-order valence-corrected chi connectivity index (χ3v) is 4.53. The minimum atomic E-state index is -0.736. The van der Waals surface area contributed by atoms with E-state index in [1.165, 1.54) is 0 Å². The SMILES string of the molecule is CCCCOC(=O)C(Cc1c[nH]c2ccccc12)NC(=O)C1=CNC=CC1. The predicted molar refractivity (Wildman–Crippen MR) is 105 cm³/mol. The van der Waals surface area contributed by atoms with E-state index in [-0.39, 0.29) is 5.91 Å². The fourth-order valence-electron chi connectivity index (χ4n) is 3.00. The summed E-state index contributed by atoms with van der Waals surface area (Å²) in [7, 11) is 0. The van der Waals surface area contributed by atoms with E-state index in [1.807, 2.05) is 43.5 Å². The van der Waals surface area contributed by atoms with Crippen molar-refractivity contribution in [3.63, 3.8) is 0 Å². The summed E-state index contributed by atoms with van der Waals surface area (Å²) in [5.41, 5.74) is 2.56. The van der Waals surface area contributed by atoms with Gasteiger partial charge in [-0.25, -0.2) is 4.79 Å². The van der Waals surface area contributed by atoms with Crippen LogP contribution >= 0.6 is 0 Å². The van der Waals surface area contributed by atoms with Crippen LogP contribution in [0.15, 0.2) is 54.5 Å². The Hall–Kier alpha value is -3.02. The zero-order chi connectivity index (χ0) is 19.1. The van der Waals surface area contributed by atoms with Gasteiger partial charge < -0.3 is 20.4 Å². The fraction of sp³-hybridized carbons (Fsp3) is 0.333. The van der Waals surface area contributed by atoms with Crippen LogP contribution < -0.4 is 10.6 Å². The highest BCUT2D eigenvalue weighted by Gasteiger charge is 2.25. The van der Waals surface area contributed by atoms with Crippen LogP contribution in [-0.4, -0.2) is 29.5 Å². The number of amides is 1. The topological polar surface area (TPSA) is 83.2 Å². The lowest BCUT2D eigenvalue weighted by Crippen LogP contribution is -2.44. The first-order valence-corrected chi connectivity index (χ1v) is 9.31. The Bertz CT molecular complexity index is 866. The lowest BCUT2D eigenvalue weighted by Gasteiger charge is -2.19. The van der Waals surface area contributed by atoms with Crippen molar-refractivity contribution in [3.8, 4) is 0 Å². The highest BCUT2D eigenvalue weighted by Crippen LogP contribution is 2.20. The number of dihydropyridines is 1. The van der Waals surface area contributed by atoms with Crippen LogP contribution in [-0.2, 0) is 20.7 Å². The summed E-state index contributed by atoms with van der Waals surface area (Å²) in [5.74, 6) is -0.661. The average molecular weight is 367 g/mol. The number of carbonyl (C=O) groups is 2. The molecule has 1 amide bonds. The van der Waals surface area contributed by atoms with Gasteiger partial charge in [0.05, 0.1) is 6.61 Å². The molecule has 1 aromatic heterocycles. The molecule has 2 aromatic rings. The molecule has 6 heteroatoms. The summed E-state index contributed by atoms with van der Waals surface area (Å²) < 4.78 is 5.38. The maximum absolute atomic E-state index is 12.6. The molecule has 3 rings (SSSR count). The Morgan fingerprint density at radius 1 is 1.30 bits per heavy atom. The smallest absolute Gasteiger partial charge is 0.328 e. The molecule has 6 nitrogen and oxygen atoms in total. The van der Waals surface area contributed by atoms with E-state index in [0.29, 0.717) is 25.0 Å². The van der Waals surface area contributed by atoms with E-state index in [9.17, 15) is 9.59 Å². The van der Waals surface area contributed by atoms with Crippen molar-refractivity contribution in [1.29, 1.82) is 0 Å². The van der Waals surface area contributed by atoms with Crippen molar-refractivity contribution in [3.05, 3.63) is 60.1 Å². The summed E-state index contributed by atoms with van der Waals surface area (Å²) in [4.78, 5) is 28.4. The van der Waals surface area contributed by atoms with Crippen LogP contribution in [0.1, 0.15) is 31.7 Å². The number of ether oxygens (including phenoxy) is 1. The molecule has 1 aliphatic heterocycles. The van der Waals surface area contributed by atoms with Gasteiger partial charge in [0, 0.05) is 35.3 Å². The first-order chi connectivity index (χ1) is 13.2. The lowest BCUT2D eigenvalue weighted by molar-refractivity contribution is -0.147. The second kappa shape index (κ2) is 9.07. The normalized spacial score (nSPS) is 14.3. The highest BCUT2D eigenvalue weighted by atomic mass is 16.5. The number of hydrogen-bond donors (Lipinski definition) is 3. The predicted octanol–water partition coefficient (Wildman–Crippen LogP) is 2.93. The number of hydrogen-bond acceptors (Lipinski definition) is 4. The Kier molecular flexibility index (Phi) is 6.30. The summed E-state index contributed by atoms with van der Waals surface area (Å²) >= 11 is 0. The van der Waals surface area contributed by atoms with Gasteiger partial charge >= 0.3 is 5.97 Å². The highest BCUT2D eigenvalue weighted by molar-refractivity contribution is 5.96. The van der Waals surface area contributed by atoms with Gasteiger partial charge in [0.15, 0.2) is 0 Å². The zero-order valence-corrected chi connectivity index (χ0v) is 15.5. The number of fused-ring (bicyclic) bond motifs is 1. The van der Waals surface area contributed by atoms with E-state index >= 15 is 0 Å². The zero-order valence-electron chi connectivity index (χ0n) is 15.5. The lowest BCUT2D eigenvalue weighted by atomic mass is 10.0. The molecule has 1 aromatic carbocycles. The number of rotatable bonds is 8. The van der Waals surface area contributed by atoms with Crippen LogP contribution in [0.3, 0.4) is 0 Å². The standard InChI is InChI=1S/C21H25N3O3/c1-2-3-11-27-21(26)19(24-20(25)15-7-6-10-22-13-15)12-16-14-23-18-9-5-4-8-17(16)18/h4-6,8-10,13-14,19,22-23H,2-3,7,11-12H2,1H3,(H,24,25). The van der Waals surface area contributed by atoms with Crippen molar-refractivity contribution in [2.24, 2.45) is 0 Å². The molecule has 0 bridgehead atoms. The molecule has 1 atom stereocenters. The number of H-pyrrole nitrogens is 1. The molecule has 27 heavy (non-hydrogen) atoms. The molecule has 0 saturated heterocycles. The van der Waals surface area contributed by atoms with Crippen LogP contribution in [0, 0.1) is 0 Å². The van der Waals surface area contributed by atoms with E-state index in [1.54, 1.807) is 12.4 Å². The number of para-hydroxylation sites is 1. The molecule has 0 spiro atoms. The number of unbranched alkanes of at least 4 members (excludes halogenated alkanes) is 1. The van der Waals surface area contributed by atoms with E-state index in [4.69, 9.17) is 4.74 Å². The molecule has 3 N–H and O–H groups in total. The molecular weight excluding hydrogens is 342 g/mol. The summed E-state index contributed by atoms with van der Waals surface area (Å²) in [6.45, 7) is 2.40. The molecule has 2 heterocycles. The number of nitrogens with one attached hydrogen (secondary N) is 3. The molecular formula is C21H25N3O3. The van der Waals surface area contributed by atoms with E-state index < -0.39 is 12.0 Å². The van der Waals surface area contributed by atoms with Gasteiger partial charge in [-0.3, -0.25) is 4.79 Å². The molecule has 0 radical (unpaired) electrons. The number of allylic oxidation sites excluding steroid dienone is 1. The molecule has 0 saturated carbocycles. The number of aromatic amines is 1. The number of benzene rings is 1. The van der Waals surface area contributed by atoms with Crippen LogP contribution in [0.4, 0.5) is 0 Å². The van der Waals surface area contributed by atoms with Crippen molar-refractivity contribution in [2.45, 2.75) is 38.6 Å². The van der Waals surface area contributed by atoms with Crippen LogP contribution in [0.5, 0.6) is 0 Å². The fourth-order valence-corrected chi connectivity index (χ4v) is 3.00. The summed E-state index contributed by atoms with van der Waals surface area (Å²) in [6, 6.07) is 7.16. The monoisotopic (exact) mass is 367 g/mol. The Labute approximate surface area is 158 Å². The molecule has 1 aliphatic rings. The number of esters is 1. The summed E-state index contributed by atoms with van der Waals surface area (Å²) in [6.07, 6.45) is 9.83. The van der Waals surface area contributed by atoms with Gasteiger partial charge in [-0.05, 0) is 30.7 Å². The molecule has 142 valence electrons. The summed E-state index contributed by atoms with van der Waals surface area (Å²) in [5, 5.41) is 6.79. The second-order valence-corrected chi connectivity index (χ2v) is 6.55. The van der Waals surface area contributed by atoms with Gasteiger partial charge in [0.1, 0.15) is 6.04 Å². The van der Waals surface area contributed by atoms with Gasteiger partial charge in [0.25, 0.3) is 0 Å². The van der Waals surface area contributed by atoms with E-state index in [2.05, 4.69) is 15.6 Å². The third kappa shape index (κ3) is 4.78. The van der Waals surface area contributed by atoms with Crippen molar-refractivity contribution in [2.75, 3.05) is 6.61 Å². The van der Waals surface area contributed by atoms with Gasteiger partial charge in [-0.1, -0.05) is 37.6 Å². The molecule has 0 aliphatic carbocycles. The molecule has 0 fully saturated rings. The van der Waals surface area contributed by atoms with E-state index in [0.717, 1.165) is 29.3 Å². The maximum Gasteiger partial charge on any atom is 0.328 e. The average Bonchev–Trinajstić information content (AvgIpc) is 3.11. The minimum Gasteiger partial charge on any atom is -0.464 e. The van der Waals surface area contributed by atoms with Crippen molar-refractivity contribution in [1.82, 2.24) is 15.6 Å². The van der Waals surface area contributed by atoms with Crippen molar-refractivity contribution < 1.29 is 14.3 Å². The minimum absolute atomic E-state index is 0.260. The first kappa shape index (κ1) is 18.8. The first-order valence-electron chi connectivity index (χ1n) is 9.31. The maximum atomic E-state index is 12.6. The number of aromatic nitrogens is 1. The van der Waals surface area contributed by atoms with Crippen LogP contribution in [0.2, 0.25) is 0 Å².